The van der Waals surface area contributed by atoms with Crippen LogP contribution in [0.5, 0.6) is 0 Å². The fourth-order valence-electron chi connectivity index (χ4n) is 9.96. The van der Waals surface area contributed by atoms with Crippen LogP contribution in [0.15, 0.2) is 73.3 Å². The van der Waals surface area contributed by atoms with Gasteiger partial charge in [0.05, 0.1) is 18.2 Å². The van der Waals surface area contributed by atoms with Gasteiger partial charge in [-0.1, -0.05) is 91.8 Å². The van der Waals surface area contributed by atoms with E-state index in [1.165, 1.54) is 61.7 Å². The molecule has 252 valence electrons. The van der Waals surface area contributed by atoms with E-state index in [9.17, 15) is 0 Å². The second kappa shape index (κ2) is 11.3. The summed E-state index contributed by atoms with van der Waals surface area (Å²) < 4.78 is 7.25. The first-order valence-corrected chi connectivity index (χ1v) is 18.7. The first-order chi connectivity index (χ1) is 22.7. The molecular weight excluding hydrogens is 585 g/mol. The largest absolute Gasteiger partial charge is 0.294 e. The maximum Gasteiger partial charge on any atom is 0.294 e. The summed E-state index contributed by atoms with van der Waals surface area (Å²) >= 11 is 0. The van der Waals surface area contributed by atoms with Crippen molar-refractivity contribution in [3.8, 4) is 17.1 Å². The second-order valence-corrected chi connectivity index (χ2v) is 16.6. The minimum Gasteiger partial charge on any atom is -0.222 e. The molecule has 0 saturated carbocycles. The van der Waals surface area contributed by atoms with Crippen LogP contribution in [0.3, 0.4) is 0 Å². The number of benzene rings is 3. The average molecular weight is 644 g/mol. The number of nitrogens with zero attached hydrogens (tertiary/aromatic N) is 4. The molecule has 4 aromatic rings. The molecule has 8 rings (SSSR count). The number of hydrogen-bond acceptors (Lipinski definition) is 0. The quantitative estimate of drug-likeness (QED) is 0.133. The SMILES string of the molecule is CCC1(CC)c2ccccc2-c2n(-c3c(C(C)C)cc(C(C)C)cc3C(C)C)cc[n+]2C1c1c(C)cc(C)cc1[N+]12C=C[N+](C)(C1)C2C. The van der Waals surface area contributed by atoms with Crippen LogP contribution in [0.4, 0.5) is 5.69 Å². The Morgan fingerprint density at radius 1 is 0.875 bits per heavy atom. The molecule has 1 aromatic heterocycles. The lowest BCUT2D eigenvalue weighted by Gasteiger charge is -2.52. The molecule has 4 atom stereocenters. The third-order valence-corrected chi connectivity index (χ3v) is 12.9. The summed E-state index contributed by atoms with van der Waals surface area (Å²) in [6, 6.07) is 19.5. The van der Waals surface area contributed by atoms with Crippen LogP contribution in [0.25, 0.3) is 17.1 Å². The maximum absolute atomic E-state index is 2.71. The zero-order valence-corrected chi connectivity index (χ0v) is 31.7. The minimum absolute atomic E-state index is 0.0491. The van der Waals surface area contributed by atoms with Gasteiger partial charge < -0.3 is 0 Å². The molecule has 3 aromatic carbocycles. The molecule has 4 aliphatic heterocycles. The highest BCUT2D eigenvalue weighted by molar-refractivity contribution is 5.69. The molecule has 48 heavy (non-hydrogen) atoms. The number of imidazole rings is 1. The lowest BCUT2D eigenvalue weighted by Crippen LogP contribution is -2.76. The van der Waals surface area contributed by atoms with Crippen LogP contribution < -0.4 is 9.05 Å². The van der Waals surface area contributed by atoms with E-state index in [1.807, 2.05) is 0 Å². The molecule has 0 amide bonds. The first-order valence-electron chi connectivity index (χ1n) is 18.7. The zero-order valence-electron chi connectivity index (χ0n) is 31.7. The number of rotatable bonds is 8. The summed E-state index contributed by atoms with van der Waals surface area (Å²) in [6.07, 6.45) is 12.4. The van der Waals surface area contributed by atoms with Crippen molar-refractivity contribution in [3.05, 3.63) is 112 Å². The molecule has 4 aliphatic rings. The monoisotopic (exact) mass is 643 g/mol. The molecule has 1 fully saturated rings. The van der Waals surface area contributed by atoms with Crippen LogP contribution in [-0.2, 0) is 5.41 Å². The molecule has 1 saturated heterocycles. The second-order valence-electron chi connectivity index (χ2n) is 16.6. The van der Waals surface area contributed by atoms with Gasteiger partial charge in [0.1, 0.15) is 24.1 Å². The van der Waals surface area contributed by atoms with Gasteiger partial charge in [-0.25, -0.2) is 4.57 Å². The molecule has 4 unspecified atom stereocenters. The van der Waals surface area contributed by atoms with Gasteiger partial charge in [0.2, 0.25) is 12.8 Å². The summed E-state index contributed by atoms with van der Waals surface area (Å²) in [4.78, 5) is 0. The van der Waals surface area contributed by atoms with Crippen molar-refractivity contribution in [3.63, 3.8) is 0 Å². The van der Waals surface area contributed by atoms with E-state index in [1.54, 1.807) is 0 Å². The molecule has 0 aliphatic carbocycles. The summed E-state index contributed by atoms with van der Waals surface area (Å²) in [5.41, 5.74) is 14.3. The van der Waals surface area contributed by atoms with Crippen LogP contribution in [0.2, 0.25) is 0 Å². The van der Waals surface area contributed by atoms with Crippen LogP contribution >= 0.6 is 0 Å². The van der Waals surface area contributed by atoms with Gasteiger partial charge >= 0.3 is 0 Å². The third-order valence-electron chi connectivity index (χ3n) is 12.9. The van der Waals surface area contributed by atoms with Crippen molar-refractivity contribution in [2.24, 2.45) is 0 Å². The van der Waals surface area contributed by atoms with E-state index >= 15 is 0 Å². The van der Waals surface area contributed by atoms with E-state index in [-0.39, 0.29) is 11.5 Å². The average Bonchev–Trinajstić information content (AvgIpc) is 3.73. The molecule has 4 nitrogen and oxygen atoms in total. The Labute approximate surface area is 290 Å². The number of hydrogen-bond donors (Lipinski definition) is 0. The van der Waals surface area contributed by atoms with Crippen molar-refractivity contribution in [1.82, 2.24) is 9.05 Å². The Balaban J connectivity index is 1.58. The summed E-state index contributed by atoms with van der Waals surface area (Å²) in [5.74, 6) is 2.61. The van der Waals surface area contributed by atoms with Gasteiger partial charge in [-0.05, 0) is 72.8 Å². The van der Waals surface area contributed by atoms with Crippen LogP contribution in [-0.4, -0.2) is 28.9 Å². The fraction of sp³-hybridized carbons (Fsp3) is 0.477. The highest BCUT2D eigenvalue weighted by atomic mass is 15.7. The predicted octanol–water partition coefficient (Wildman–Crippen LogP) is 10.6. The Hall–Kier alpha value is -3.47. The highest BCUT2D eigenvalue weighted by Gasteiger charge is 2.68. The number of aryl methyl sites for hydroxylation is 2. The van der Waals surface area contributed by atoms with Gasteiger partial charge in [0.25, 0.3) is 5.82 Å². The normalized spacial score (nSPS) is 25.1. The van der Waals surface area contributed by atoms with Gasteiger partial charge in [0, 0.05) is 29.5 Å². The number of quaternary nitrogens is 2. The lowest BCUT2D eigenvalue weighted by molar-refractivity contribution is -0.941. The van der Waals surface area contributed by atoms with Gasteiger partial charge in [0.15, 0.2) is 18.1 Å². The third kappa shape index (κ3) is 4.37. The van der Waals surface area contributed by atoms with E-state index < -0.39 is 0 Å². The molecule has 2 bridgehead atoms. The van der Waals surface area contributed by atoms with Crippen LogP contribution in [0.1, 0.15) is 138 Å². The van der Waals surface area contributed by atoms with Gasteiger partial charge in [-0.15, -0.1) is 0 Å². The predicted molar refractivity (Wildman–Crippen MR) is 201 cm³/mol. The molecule has 0 N–H and O–H groups in total. The smallest absolute Gasteiger partial charge is 0.222 e. The van der Waals surface area contributed by atoms with Crippen molar-refractivity contribution in [2.45, 2.75) is 124 Å². The van der Waals surface area contributed by atoms with Gasteiger partial charge in [-0.3, -0.25) is 0 Å². The molecule has 0 spiro atoms. The highest BCUT2D eigenvalue weighted by Crippen LogP contribution is 2.56. The summed E-state index contributed by atoms with van der Waals surface area (Å²) in [7, 11) is 2.39. The fourth-order valence-corrected chi connectivity index (χ4v) is 9.96. The lowest BCUT2D eigenvalue weighted by atomic mass is 9.64. The summed E-state index contributed by atoms with van der Waals surface area (Å²) in [6.45, 7) is 27.2. The van der Waals surface area contributed by atoms with E-state index in [2.05, 4.69) is 166 Å². The zero-order chi connectivity index (χ0) is 34.5. The van der Waals surface area contributed by atoms with Crippen molar-refractivity contribution in [2.75, 3.05) is 13.7 Å². The van der Waals surface area contributed by atoms with E-state index in [4.69, 9.17) is 0 Å². The Morgan fingerprint density at radius 2 is 1.52 bits per heavy atom. The van der Waals surface area contributed by atoms with Gasteiger partial charge in [-0.2, -0.15) is 13.5 Å². The van der Waals surface area contributed by atoms with E-state index in [0.29, 0.717) is 23.9 Å². The van der Waals surface area contributed by atoms with Crippen molar-refractivity contribution >= 4 is 5.69 Å². The standard InChI is InChI=1S/C44H59N4/c1-13-44(14-2)38-18-16-15-17-35(38)43-45(41-36(29(5)6)25-34(28(3)4)26-37(41)30(7)8)19-20-46(43)42(44)40-32(10)23-31(9)24-39(40)48-22-21-47(12,27-48)33(48)11/h15-26,28-30,33,42H,13-14,27H2,1-12H3/q+3. The molecule has 5 heterocycles. The van der Waals surface area contributed by atoms with Crippen molar-refractivity contribution in [1.29, 1.82) is 0 Å². The Bertz CT molecular complexity index is 1910. The van der Waals surface area contributed by atoms with Crippen LogP contribution in [0, 0.1) is 13.8 Å². The molecular formula is C44H59N4+3. The first kappa shape index (κ1) is 33.0. The Morgan fingerprint density at radius 3 is 2.06 bits per heavy atom. The minimum atomic E-state index is -0.0491. The Kier molecular flexibility index (Phi) is 7.77. The topological polar surface area (TPSA) is 8.81 Å². The molecule has 4 heteroatoms. The summed E-state index contributed by atoms with van der Waals surface area (Å²) in [5, 5.41) is 0. The number of aromatic nitrogens is 2. The number of fused-ring (bicyclic) bond motifs is 3. The van der Waals surface area contributed by atoms with Crippen molar-refractivity contribution < 1.29 is 9.05 Å². The maximum atomic E-state index is 2.71. The molecule has 0 radical (unpaired) electrons. The van der Waals surface area contributed by atoms with E-state index in [0.717, 1.165) is 28.5 Å².